The molecule has 0 aliphatic carbocycles. The molecule has 0 atom stereocenters. The van der Waals surface area contributed by atoms with E-state index in [1.807, 2.05) is 6.92 Å². The van der Waals surface area contributed by atoms with Gasteiger partial charge in [-0.25, -0.2) is 4.98 Å². The molecule has 0 radical (unpaired) electrons. The number of rotatable bonds is 3. The summed E-state index contributed by atoms with van der Waals surface area (Å²) in [7, 11) is 0. The first-order valence-corrected chi connectivity index (χ1v) is 6.13. The van der Waals surface area contributed by atoms with Gasteiger partial charge in [-0.1, -0.05) is 11.3 Å². The van der Waals surface area contributed by atoms with Gasteiger partial charge in [-0.3, -0.25) is 10.1 Å². The lowest BCUT2D eigenvalue weighted by atomic mass is 10.3. The van der Waals surface area contributed by atoms with Crippen molar-refractivity contribution in [3.05, 3.63) is 18.2 Å². The van der Waals surface area contributed by atoms with Gasteiger partial charge in [0.25, 0.3) is 0 Å². The normalized spacial score (nSPS) is 11.6. The zero-order valence-corrected chi connectivity index (χ0v) is 10.6. The molecule has 4 nitrogen and oxygen atoms in total. The number of fused-ring (bicyclic) bond motifs is 1. The van der Waals surface area contributed by atoms with Crippen molar-refractivity contribution in [3.63, 3.8) is 0 Å². The Morgan fingerprint density at radius 3 is 2.84 bits per heavy atom. The number of carbonyl (C=O) groups excluding carboxylic acids is 1. The zero-order chi connectivity index (χ0) is 14.0. The maximum atomic E-state index is 12.1. The summed E-state index contributed by atoms with van der Waals surface area (Å²) in [6.45, 7) is 2.31. The summed E-state index contributed by atoms with van der Waals surface area (Å²) in [5.41, 5.74) is 0.505. The van der Waals surface area contributed by atoms with E-state index in [2.05, 4.69) is 4.98 Å². The van der Waals surface area contributed by atoms with E-state index in [1.54, 1.807) is 23.5 Å². The fraction of sp³-hybridized carbons (Fsp3) is 0.273. The van der Waals surface area contributed by atoms with E-state index in [4.69, 9.17) is 4.74 Å². The molecule has 1 N–H and O–H groups in total. The molecule has 1 heterocycles. The standard InChI is InChI=1S/C11H9F3N2O2S/c1-2-18-6-3-4-7-8(5-6)19-10(15-7)16-9(17)11(12,13)14/h3-5H,2H2,1H3,(H,15,16,17). The van der Waals surface area contributed by atoms with Crippen molar-refractivity contribution in [1.29, 1.82) is 0 Å². The van der Waals surface area contributed by atoms with Crippen molar-refractivity contribution < 1.29 is 22.7 Å². The average Bonchev–Trinajstić information content (AvgIpc) is 2.69. The highest BCUT2D eigenvalue weighted by atomic mass is 32.1. The molecular formula is C11H9F3N2O2S. The first kappa shape index (κ1) is 13.6. The molecule has 1 aromatic carbocycles. The minimum atomic E-state index is -4.92. The SMILES string of the molecule is CCOc1ccc2nc(NC(=O)C(F)(F)F)sc2c1. The summed E-state index contributed by atoms with van der Waals surface area (Å²) in [6.07, 6.45) is -4.92. The molecule has 2 aromatic rings. The van der Waals surface area contributed by atoms with Crippen LogP contribution in [0.15, 0.2) is 18.2 Å². The molecule has 0 fully saturated rings. The molecule has 0 bridgehead atoms. The van der Waals surface area contributed by atoms with E-state index >= 15 is 0 Å². The summed E-state index contributed by atoms with van der Waals surface area (Å²) in [5, 5.41) is 1.63. The van der Waals surface area contributed by atoms with Crippen LogP contribution in [0.1, 0.15) is 6.92 Å². The summed E-state index contributed by atoms with van der Waals surface area (Å²) in [5.74, 6) is -1.43. The van der Waals surface area contributed by atoms with Crippen LogP contribution in [-0.4, -0.2) is 23.7 Å². The van der Waals surface area contributed by atoms with E-state index in [0.717, 1.165) is 11.3 Å². The van der Waals surface area contributed by atoms with Crippen LogP contribution in [0.3, 0.4) is 0 Å². The number of nitrogens with zero attached hydrogens (tertiary/aromatic N) is 1. The van der Waals surface area contributed by atoms with Gasteiger partial charge in [0, 0.05) is 0 Å². The van der Waals surface area contributed by atoms with Gasteiger partial charge in [-0.2, -0.15) is 13.2 Å². The van der Waals surface area contributed by atoms with Gasteiger partial charge >= 0.3 is 12.1 Å². The minimum absolute atomic E-state index is 0.0917. The number of hydrogen-bond acceptors (Lipinski definition) is 4. The van der Waals surface area contributed by atoms with Crippen LogP contribution >= 0.6 is 11.3 Å². The number of nitrogens with one attached hydrogen (secondary N) is 1. The van der Waals surface area contributed by atoms with Gasteiger partial charge in [0.2, 0.25) is 0 Å². The van der Waals surface area contributed by atoms with Crippen LogP contribution < -0.4 is 10.1 Å². The number of benzene rings is 1. The van der Waals surface area contributed by atoms with Crippen molar-refractivity contribution in [2.75, 3.05) is 11.9 Å². The Bertz CT molecular complexity index is 609. The van der Waals surface area contributed by atoms with Crippen LogP contribution in [0, 0.1) is 0 Å². The maximum Gasteiger partial charge on any atom is 0.471 e. The fourth-order valence-corrected chi connectivity index (χ4v) is 2.27. The number of amides is 1. The Labute approximate surface area is 110 Å². The first-order valence-electron chi connectivity index (χ1n) is 5.31. The Morgan fingerprint density at radius 1 is 1.47 bits per heavy atom. The smallest absolute Gasteiger partial charge is 0.471 e. The third-order valence-electron chi connectivity index (χ3n) is 2.15. The Kier molecular flexibility index (Phi) is 3.61. The third kappa shape index (κ3) is 3.14. The van der Waals surface area contributed by atoms with E-state index in [-0.39, 0.29) is 5.13 Å². The van der Waals surface area contributed by atoms with Gasteiger partial charge in [0.05, 0.1) is 16.8 Å². The Morgan fingerprint density at radius 2 is 2.21 bits per heavy atom. The lowest BCUT2D eigenvalue weighted by Gasteiger charge is -2.03. The summed E-state index contributed by atoms with van der Waals surface area (Å²) >= 11 is 0.959. The molecule has 1 amide bonds. The largest absolute Gasteiger partial charge is 0.494 e. The van der Waals surface area contributed by atoms with E-state index in [1.165, 1.54) is 0 Å². The van der Waals surface area contributed by atoms with Gasteiger partial charge in [0.1, 0.15) is 5.75 Å². The molecule has 0 unspecified atom stereocenters. The third-order valence-corrected chi connectivity index (χ3v) is 3.08. The highest BCUT2D eigenvalue weighted by molar-refractivity contribution is 7.22. The number of aromatic nitrogens is 1. The van der Waals surface area contributed by atoms with Crippen LogP contribution in [0.5, 0.6) is 5.75 Å². The minimum Gasteiger partial charge on any atom is -0.494 e. The molecule has 0 aliphatic heterocycles. The molecule has 0 aliphatic rings. The number of ether oxygens (including phenoxy) is 1. The highest BCUT2D eigenvalue weighted by Gasteiger charge is 2.39. The Hall–Kier alpha value is -1.83. The van der Waals surface area contributed by atoms with E-state index in [9.17, 15) is 18.0 Å². The monoisotopic (exact) mass is 290 g/mol. The zero-order valence-electron chi connectivity index (χ0n) is 9.75. The number of alkyl halides is 3. The van der Waals surface area contributed by atoms with Crippen molar-refractivity contribution in [2.45, 2.75) is 13.1 Å². The predicted molar refractivity (Wildman–Crippen MR) is 65.5 cm³/mol. The number of halogens is 3. The summed E-state index contributed by atoms with van der Waals surface area (Å²) < 4.78 is 42.2. The molecule has 0 saturated carbocycles. The van der Waals surface area contributed by atoms with Crippen molar-refractivity contribution in [2.24, 2.45) is 0 Å². The van der Waals surface area contributed by atoms with Crippen LogP contribution in [0.25, 0.3) is 10.2 Å². The maximum absolute atomic E-state index is 12.1. The van der Waals surface area contributed by atoms with Gasteiger partial charge < -0.3 is 4.74 Å². The van der Waals surface area contributed by atoms with E-state index in [0.29, 0.717) is 22.6 Å². The molecule has 0 spiro atoms. The van der Waals surface area contributed by atoms with Crippen molar-refractivity contribution in [3.8, 4) is 5.75 Å². The lowest BCUT2D eigenvalue weighted by Crippen LogP contribution is -2.29. The van der Waals surface area contributed by atoms with E-state index < -0.39 is 12.1 Å². The first-order chi connectivity index (χ1) is 8.90. The van der Waals surface area contributed by atoms with Crippen molar-refractivity contribution >= 4 is 32.6 Å². The topological polar surface area (TPSA) is 51.2 Å². The quantitative estimate of drug-likeness (QED) is 0.944. The van der Waals surface area contributed by atoms with Crippen LogP contribution in [0.4, 0.5) is 18.3 Å². The number of anilines is 1. The van der Waals surface area contributed by atoms with Gasteiger partial charge in [0.15, 0.2) is 5.13 Å². The second-order valence-corrected chi connectivity index (χ2v) is 4.56. The Balaban J connectivity index is 2.24. The average molecular weight is 290 g/mol. The molecule has 102 valence electrons. The molecule has 2 rings (SSSR count). The number of thiazole rings is 1. The predicted octanol–water partition coefficient (Wildman–Crippen LogP) is 3.20. The molecule has 8 heteroatoms. The lowest BCUT2D eigenvalue weighted by molar-refractivity contribution is -0.167. The fourth-order valence-electron chi connectivity index (χ4n) is 1.38. The summed E-state index contributed by atoms with van der Waals surface area (Å²) in [4.78, 5) is 14.7. The molecule has 0 saturated heterocycles. The second-order valence-electron chi connectivity index (χ2n) is 3.53. The second kappa shape index (κ2) is 5.04. The summed E-state index contributed by atoms with van der Waals surface area (Å²) in [6, 6.07) is 4.96. The van der Waals surface area contributed by atoms with Crippen LogP contribution in [0.2, 0.25) is 0 Å². The highest BCUT2D eigenvalue weighted by Crippen LogP contribution is 2.30. The number of hydrogen-bond donors (Lipinski definition) is 1. The van der Waals surface area contributed by atoms with Gasteiger partial charge in [-0.05, 0) is 25.1 Å². The number of carbonyl (C=O) groups is 1. The molecule has 19 heavy (non-hydrogen) atoms. The van der Waals surface area contributed by atoms with Gasteiger partial charge in [-0.15, -0.1) is 0 Å². The van der Waals surface area contributed by atoms with Crippen molar-refractivity contribution in [1.82, 2.24) is 4.98 Å². The molecular weight excluding hydrogens is 281 g/mol. The van der Waals surface area contributed by atoms with Crippen LogP contribution in [-0.2, 0) is 4.79 Å². The molecule has 1 aromatic heterocycles.